The van der Waals surface area contributed by atoms with Crippen LogP contribution in [0.25, 0.3) is 11.3 Å². The number of benzene rings is 1. The Morgan fingerprint density at radius 2 is 2.05 bits per heavy atom. The molecule has 2 heterocycles. The van der Waals surface area contributed by atoms with Crippen LogP contribution in [0.15, 0.2) is 42.0 Å². The fraction of sp³-hybridized carbons (Fsp3) is 0.154. The summed E-state index contributed by atoms with van der Waals surface area (Å²) in [5.41, 5.74) is 2.18. The van der Waals surface area contributed by atoms with Gasteiger partial charge in [0.05, 0.1) is 12.2 Å². The summed E-state index contributed by atoms with van der Waals surface area (Å²) in [4.78, 5) is 8.66. The molecule has 0 saturated heterocycles. The minimum absolute atomic E-state index is 0.667. The predicted molar refractivity (Wildman–Crippen MR) is 74.5 cm³/mol. The van der Waals surface area contributed by atoms with Crippen LogP contribution in [0.1, 0.15) is 10.8 Å². The van der Waals surface area contributed by atoms with Crippen LogP contribution in [0.2, 0.25) is 0 Å². The summed E-state index contributed by atoms with van der Waals surface area (Å²) < 4.78 is 0. The van der Waals surface area contributed by atoms with Crippen LogP contribution < -0.4 is 5.32 Å². The van der Waals surface area contributed by atoms with Crippen molar-refractivity contribution in [2.45, 2.75) is 13.1 Å². The van der Waals surface area contributed by atoms with E-state index >= 15 is 0 Å². The van der Waals surface area contributed by atoms with E-state index in [1.807, 2.05) is 18.2 Å². The Morgan fingerprint density at radius 3 is 2.84 bits per heavy atom. The fourth-order valence-corrected chi connectivity index (χ4v) is 2.51. The molecule has 0 bridgehead atoms. The number of hydrogen-bond acceptors (Lipinski definition) is 5. The second-order valence-corrected chi connectivity index (χ2v) is 4.97. The Labute approximate surface area is 114 Å². The SMILES string of the molecule is c1ccc(-c2csc(CNCc3ncn[nH]3)n2)cc1. The molecule has 0 aliphatic carbocycles. The van der Waals surface area contributed by atoms with Gasteiger partial charge in [-0.1, -0.05) is 30.3 Å². The summed E-state index contributed by atoms with van der Waals surface area (Å²) in [5, 5.41) is 13.1. The summed E-state index contributed by atoms with van der Waals surface area (Å²) in [5.74, 6) is 0.833. The van der Waals surface area contributed by atoms with Crippen molar-refractivity contribution in [2.24, 2.45) is 0 Å². The van der Waals surface area contributed by atoms with E-state index in [1.165, 1.54) is 6.33 Å². The number of H-pyrrole nitrogens is 1. The Morgan fingerprint density at radius 1 is 1.16 bits per heavy atom. The molecule has 0 aliphatic heterocycles. The van der Waals surface area contributed by atoms with Crippen LogP contribution in [-0.4, -0.2) is 20.2 Å². The molecule has 0 atom stereocenters. The zero-order chi connectivity index (χ0) is 12.9. The van der Waals surface area contributed by atoms with Crippen molar-refractivity contribution in [1.29, 1.82) is 0 Å². The Bertz CT molecular complexity index is 618. The molecule has 2 aromatic heterocycles. The van der Waals surface area contributed by atoms with E-state index in [9.17, 15) is 0 Å². The van der Waals surface area contributed by atoms with E-state index < -0.39 is 0 Å². The van der Waals surface area contributed by atoms with Gasteiger partial charge in [0.2, 0.25) is 0 Å². The van der Waals surface area contributed by atoms with E-state index in [4.69, 9.17) is 0 Å². The predicted octanol–water partition coefficient (Wildman–Crippen LogP) is 2.22. The standard InChI is InChI=1S/C13H13N5S/c1-2-4-10(5-3-1)11-8-19-13(17-11)7-14-6-12-15-9-16-18-12/h1-5,8-9,14H,6-7H2,(H,15,16,18). The number of hydrogen-bond donors (Lipinski definition) is 2. The van der Waals surface area contributed by atoms with Crippen LogP contribution in [0.4, 0.5) is 0 Å². The lowest BCUT2D eigenvalue weighted by Crippen LogP contribution is -2.13. The van der Waals surface area contributed by atoms with Gasteiger partial charge in [0.15, 0.2) is 0 Å². The number of nitrogens with one attached hydrogen (secondary N) is 2. The largest absolute Gasteiger partial charge is 0.303 e. The molecule has 5 nitrogen and oxygen atoms in total. The van der Waals surface area contributed by atoms with Crippen molar-refractivity contribution < 1.29 is 0 Å². The molecule has 0 amide bonds. The zero-order valence-corrected chi connectivity index (χ0v) is 11.0. The zero-order valence-electron chi connectivity index (χ0n) is 10.2. The number of aromatic nitrogens is 4. The molecular weight excluding hydrogens is 258 g/mol. The van der Waals surface area contributed by atoms with Gasteiger partial charge in [-0.25, -0.2) is 9.97 Å². The lowest BCUT2D eigenvalue weighted by molar-refractivity contribution is 0.662. The lowest BCUT2D eigenvalue weighted by atomic mass is 10.2. The van der Waals surface area contributed by atoms with Crippen molar-refractivity contribution >= 4 is 11.3 Å². The average Bonchev–Trinajstić information content (AvgIpc) is 3.11. The van der Waals surface area contributed by atoms with Crippen molar-refractivity contribution in [2.75, 3.05) is 0 Å². The molecule has 0 saturated carbocycles. The second-order valence-electron chi connectivity index (χ2n) is 4.03. The highest BCUT2D eigenvalue weighted by Gasteiger charge is 2.04. The molecule has 0 spiro atoms. The quantitative estimate of drug-likeness (QED) is 0.746. The maximum Gasteiger partial charge on any atom is 0.138 e. The average molecular weight is 271 g/mol. The first kappa shape index (κ1) is 12.0. The smallest absolute Gasteiger partial charge is 0.138 e. The minimum atomic E-state index is 0.667. The van der Waals surface area contributed by atoms with Gasteiger partial charge in [0, 0.05) is 17.5 Å². The summed E-state index contributed by atoms with van der Waals surface area (Å²) in [6.45, 7) is 1.40. The molecule has 0 fully saturated rings. The van der Waals surface area contributed by atoms with Crippen molar-refractivity contribution in [3.05, 3.63) is 52.9 Å². The molecular formula is C13H13N5S. The van der Waals surface area contributed by atoms with Gasteiger partial charge in [-0.2, -0.15) is 5.10 Å². The number of nitrogens with zero attached hydrogens (tertiary/aromatic N) is 3. The van der Waals surface area contributed by atoms with Gasteiger partial charge < -0.3 is 5.32 Å². The summed E-state index contributed by atoms with van der Waals surface area (Å²) in [6, 6.07) is 10.2. The minimum Gasteiger partial charge on any atom is -0.303 e. The lowest BCUT2D eigenvalue weighted by Gasteiger charge is -1.98. The van der Waals surface area contributed by atoms with E-state index in [2.05, 4.69) is 43.0 Å². The molecule has 19 heavy (non-hydrogen) atoms. The molecule has 6 heteroatoms. The third kappa shape index (κ3) is 3.04. The van der Waals surface area contributed by atoms with E-state index in [0.717, 1.165) is 28.6 Å². The fourth-order valence-electron chi connectivity index (χ4n) is 1.74. The topological polar surface area (TPSA) is 66.5 Å². The third-order valence-corrected chi connectivity index (χ3v) is 3.50. The summed E-state index contributed by atoms with van der Waals surface area (Å²) >= 11 is 1.66. The van der Waals surface area contributed by atoms with E-state index in [1.54, 1.807) is 11.3 Å². The maximum atomic E-state index is 4.61. The molecule has 0 unspecified atom stereocenters. The molecule has 1 aromatic carbocycles. The molecule has 2 N–H and O–H groups in total. The first-order valence-corrected chi connectivity index (χ1v) is 6.84. The number of thiazole rings is 1. The summed E-state index contributed by atoms with van der Waals surface area (Å²) in [7, 11) is 0. The molecule has 96 valence electrons. The van der Waals surface area contributed by atoms with Crippen LogP contribution in [0.3, 0.4) is 0 Å². The van der Waals surface area contributed by atoms with Gasteiger partial charge in [0.1, 0.15) is 17.2 Å². The van der Waals surface area contributed by atoms with E-state index in [-0.39, 0.29) is 0 Å². The van der Waals surface area contributed by atoms with Crippen LogP contribution >= 0.6 is 11.3 Å². The summed E-state index contributed by atoms with van der Waals surface area (Å²) in [6.07, 6.45) is 1.51. The van der Waals surface area contributed by atoms with E-state index in [0.29, 0.717) is 6.54 Å². The number of rotatable bonds is 5. The Hall–Kier alpha value is -2.05. The number of aromatic amines is 1. The Balaban J connectivity index is 1.59. The normalized spacial score (nSPS) is 10.7. The van der Waals surface area contributed by atoms with Gasteiger partial charge in [0.25, 0.3) is 0 Å². The Kier molecular flexibility index (Phi) is 3.62. The second kappa shape index (κ2) is 5.73. The monoisotopic (exact) mass is 271 g/mol. The molecule has 3 aromatic rings. The van der Waals surface area contributed by atoms with Crippen molar-refractivity contribution in [3.63, 3.8) is 0 Å². The highest BCUT2D eigenvalue weighted by molar-refractivity contribution is 7.09. The molecule has 3 rings (SSSR count). The van der Waals surface area contributed by atoms with Crippen LogP contribution in [-0.2, 0) is 13.1 Å². The first-order valence-electron chi connectivity index (χ1n) is 5.96. The van der Waals surface area contributed by atoms with Crippen LogP contribution in [0.5, 0.6) is 0 Å². The highest BCUT2D eigenvalue weighted by atomic mass is 32.1. The highest BCUT2D eigenvalue weighted by Crippen LogP contribution is 2.21. The molecule has 0 aliphatic rings. The molecule has 0 radical (unpaired) electrons. The van der Waals surface area contributed by atoms with Gasteiger partial charge >= 0.3 is 0 Å². The third-order valence-electron chi connectivity index (χ3n) is 2.65. The first-order chi connectivity index (χ1) is 9.42. The van der Waals surface area contributed by atoms with Gasteiger partial charge in [-0.15, -0.1) is 11.3 Å². The maximum absolute atomic E-state index is 4.61. The van der Waals surface area contributed by atoms with Crippen molar-refractivity contribution in [1.82, 2.24) is 25.5 Å². The van der Waals surface area contributed by atoms with Gasteiger partial charge in [-0.05, 0) is 0 Å². The van der Waals surface area contributed by atoms with Crippen molar-refractivity contribution in [3.8, 4) is 11.3 Å². The van der Waals surface area contributed by atoms with Gasteiger partial charge in [-0.3, -0.25) is 5.10 Å². The van der Waals surface area contributed by atoms with Crippen LogP contribution in [0, 0.1) is 0 Å².